The number of carboxylic acid groups (broad SMARTS) is 1. The van der Waals surface area contributed by atoms with Crippen molar-refractivity contribution in [1.82, 2.24) is 4.98 Å². The van der Waals surface area contributed by atoms with Gasteiger partial charge in [-0.3, -0.25) is 4.79 Å². The van der Waals surface area contributed by atoms with Crippen molar-refractivity contribution in [3.63, 3.8) is 0 Å². The Balaban J connectivity index is 2.18. The van der Waals surface area contributed by atoms with Crippen molar-refractivity contribution in [1.29, 1.82) is 0 Å². The van der Waals surface area contributed by atoms with Crippen LogP contribution in [0.1, 0.15) is 34.8 Å². The normalized spacial score (nSPS) is 25.0. The highest BCUT2D eigenvalue weighted by atomic mass is 32.1. The van der Waals surface area contributed by atoms with E-state index in [1.807, 2.05) is 6.92 Å². The molecule has 1 N–H and O–H groups in total. The quantitative estimate of drug-likeness (QED) is 0.833. The number of carbonyl (C=O) groups is 1. The van der Waals surface area contributed by atoms with Gasteiger partial charge in [-0.2, -0.15) is 0 Å². The zero-order valence-electron chi connectivity index (χ0n) is 8.28. The van der Waals surface area contributed by atoms with Gasteiger partial charge in [-0.15, -0.1) is 11.3 Å². The molecule has 1 saturated carbocycles. The van der Waals surface area contributed by atoms with Gasteiger partial charge in [0.1, 0.15) is 0 Å². The lowest BCUT2D eigenvalue weighted by atomic mass is 10.2. The highest BCUT2D eigenvalue weighted by molar-refractivity contribution is 7.11. The zero-order chi connectivity index (χ0) is 10.3. The first-order chi connectivity index (χ1) is 6.63. The summed E-state index contributed by atoms with van der Waals surface area (Å²) in [6.45, 7) is 4.05. The second-order valence-corrected chi connectivity index (χ2v) is 4.81. The van der Waals surface area contributed by atoms with Crippen molar-refractivity contribution in [2.75, 3.05) is 0 Å². The van der Waals surface area contributed by atoms with E-state index in [4.69, 9.17) is 5.11 Å². The van der Waals surface area contributed by atoms with Gasteiger partial charge in [-0.1, -0.05) is 6.92 Å². The van der Waals surface area contributed by atoms with Crippen LogP contribution in [0.15, 0.2) is 0 Å². The van der Waals surface area contributed by atoms with E-state index in [0.717, 1.165) is 23.5 Å². The van der Waals surface area contributed by atoms with Gasteiger partial charge in [0.05, 0.1) is 16.6 Å². The molecular formula is C10H13NO2S. The summed E-state index contributed by atoms with van der Waals surface area (Å²) >= 11 is 1.68. The molecule has 0 aromatic carbocycles. The molecule has 0 radical (unpaired) electrons. The van der Waals surface area contributed by atoms with Crippen molar-refractivity contribution >= 4 is 17.3 Å². The molecule has 0 saturated heterocycles. The zero-order valence-corrected chi connectivity index (χ0v) is 9.10. The first-order valence-electron chi connectivity index (χ1n) is 4.82. The summed E-state index contributed by atoms with van der Waals surface area (Å²) in [5.41, 5.74) is 1.03. The monoisotopic (exact) mass is 211 g/mol. The maximum absolute atomic E-state index is 10.7. The van der Waals surface area contributed by atoms with Gasteiger partial charge in [0, 0.05) is 10.8 Å². The molecule has 2 atom stereocenters. The summed E-state index contributed by atoms with van der Waals surface area (Å²) in [5, 5.41) is 9.94. The van der Waals surface area contributed by atoms with E-state index in [9.17, 15) is 4.79 Å². The van der Waals surface area contributed by atoms with Gasteiger partial charge in [0.25, 0.3) is 0 Å². The van der Waals surface area contributed by atoms with E-state index in [1.165, 1.54) is 4.88 Å². The van der Waals surface area contributed by atoms with E-state index in [-0.39, 0.29) is 11.8 Å². The standard InChI is InChI=1S/C10H13NO2S/c1-3-8-11-5(2)9(14-8)6-4-7(6)10(12)13/h6-7H,3-4H2,1-2H3,(H,12,13). The molecule has 2 rings (SSSR count). The lowest BCUT2D eigenvalue weighted by molar-refractivity contribution is -0.138. The Hall–Kier alpha value is -0.900. The fraction of sp³-hybridized carbons (Fsp3) is 0.600. The first kappa shape index (κ1) is 9.65. The number of aryl methyl sites for hydroxylation is 2. The van der Waals surface area contributed by atoms with Crippen molar-refractivity contribution in [3.8, 4) is 0 Å². The molecule has 1 aromatic rings. The van der Waals surface area contributed by atoms with Gasteiger partial charge in [-0.25, -0.2) is 4.98 Å². The van der Waals surface area contributed by atoms with Crippen LogP contribution in [0.25, 0.3) is 0 Å². The van der Waals surface area contributed by atoms with E-state index in [1.54, 1.807) is 11.3 Å². The summed E-state index contributed by atoms with van der Waals surface area (Å²) in [6, 6.07) is 0. The molecule has 1 aromatic heterocycles. The number of thiazole rings is 1. The minimum atomic E-state index is -0.666. The maximum Gasteiger partial charge on any atom is 0.307 e. The molecule has 1 aliphatic rings. The topological polar surface area (TPSA) is 50.2 Å². The summed E-state index contributed by atoms with van der Waals surface area (Å²) in [7, 11) is 0. The SMILES string of the molecule is CCc1nc(C)c(C2CC2C(=O)O)s1. The first-order valence-corrected chi connectivity index (χ1v) is 5.64. The number of hydrogen-bond acceptors (Lipinski definition) is 3. The fourth-order valence-corrected chi connectivity index (χ4v) is 2.90. The van der Waals surface area contributed by atoms with Crippen LogP contribution in [-0.2, 0) is 11.2 Å². The van der Waals surface area contributed by atoms with Gasteiger partial charge in [0.2, 0.25) is 0 Å². The Morgan fingerprint density at radius 3 is 2.86 bits per heavy atom. The highest BCUT2D eigenvalue weighted by Crippen LogP contribution is 2.50. The molecular weight excluding hydrogens is 198 g/mol. The van der Waals surface area contributed by atoms with Crippen LogP contribution in [0.2, 0.25) is 0 Å². The van der Waals surface area contributed by atoms with Gasteiger partial charge in [0.15, 0.2) is 0 Å². The summed E-state index contributed by atoms with van der Waals surface area (Å²) in [6.07, 6.45) is 1.73. The van der Waals surface area contributed by atoms with Crippen LogP contribution in [0, 0.1) is 12.8 Å². The van der Waals surface area contributed by atoms with Crippen LogP contribution >= 0.6 is 11.3 Å². The molecule has 2 unspecified atom stereocenters. The van der Waals surface area contributed by atoms with E-state index in [2.05, 4.69) is 11.9 Å². The lowest BCUT2D eigenvalue weighted by Gasteiger charge is -1.92. The van der Waals surface area contributed by atoms with E-state index < -0.39 is 5.97 Å². The Morgan fingerprint density at radius 2 is 2.43 bits per heavy atom. The molecule has 14 heavy (non-hydrogen) atoms. The number of hydrogen-bond donors (Lipinski definition) is 1. The average Bonchev–Trinajstić information content (AvgIpc) is 2.84. The van der Waals surface area contributed by atoms with Crippen LogP contribution < -0.4 is 0 Å². The van der Waals surface area contributed by atoms with Gasteiger partial charge in [-0.05, 0) is 19.8 Å². The molecule has 1 heterocycles. The Bertz CT molecular complexity index is 372. The second-order valence-electron chi connectivity index (χ2n) is 3.70. The van der Waals surface area contributed by atoms with Crippen LogP contribution in [0.4, 0.5) is 0 Å². The third-order valence-corrected chi connectivity index (χ3v) is 4.06. The Labute approximate surface area is 86.8 Å². The molecule has 76 valence electrons. The number of nitrogens with zero attached hydrogens (tertiary/aromatic N) is 1. The number of aromatic nitrogens is 1. The molecule has 0 bridgehead atoms. The van der Waals surface area contributed by atoms with E-state index >= 15 is 0 Å². The third-order valence-electron chi connectivity index (χ3n) is 2.62. The van der Waals surface area contributed by atoms with Crippen LogP contribution in [-0.4, -0.2) is 16.1 Å². The number of aliphatic carboxylic acids is 1. The summed E-state index contributed by atoms with van der Waals surface area (Å²) in [4.78, 5) is 16.3. The number of carboxylic acids is 1. The minimum absolute atomic E-state index is 0.154. The van der Waals surface area contributed by atoms with E-state index in [0.29, 0.717) is 0 Å². The summed E-state index contributed by atoms with van der Waals surface area (Å²) in [5.74, 6) is -0.579. The average molecular weight is 211 g/mol. The maximum atomic E-state index is 10.7. The third kappa shape index (κ3) is 1.54. The molecule has 0 spiro atoms. The second kappa shape index (κ2) is 3.35. The largest absolute Gasteiger partial charge is 0.481 e. The highest BCUT2D eigenvalue weighted by Gasteiger charge is 2.46. The van der Waals surface area contributed by atoms with Crippen molar-refractivity contribution in [3.05, 3.63) is 15.6 Å². The van der Waals surface area contributed by atoms with Crippen molar-refractivity contribution < 1.29 is 9.90 Å². The predicted octanol–water partition coefficient (Wildman–Crippen LogP) is 2.20. The number of rotatable bonds is 3. The lowest BCUT2D eigenvalue weighted by Crippen LogP contribution is -1.98. The van der Waals surface area contributed by atoms with Gasteiger partial charge < -0.3 is 5.11 Å². The van der Waals surface area contributed by atoms with Crippen molar-refractivity contribution in [2.45, 2.75) is 32.6 Å². The fourth-order valence-electron chi connectivity index (χ4n) is 1.72. The van der Waals surface area contributed by atoms with Crippen LogP contribution in [0.3, 0.4) is 0 Å². The Morgan fingerprint density at radius 1 is 1.71 bits per heavy atom. The van der Waals surface area contributed by atoms with Crippen LogP contribution in [0.5, 0.6) is 0 Å². The van der Waals surface area contributed by atoms with Gasteiger partial charge >= 0.3 is 5.97 Å². The molecule has 1 fully saturated rings. The Kier molecular flexibility index (Phi) is 2.31. The molecule has 3 nitrogen and oxygen atoms in total. The minimum Gasteiger partial charge on any atom is -0.481 e. The summed E-state index contributed by atoms with van der Waals surface area (Å²) < 4.78 is 0. The smallest absolute Gasteiger partial charge is 0.307 e. The molecule has 4 heteroatoms. The molecule has 1 aliphatic carbocycles. The molecule has 0 aliphatic heterocycles. The molecule has 0 amide bonds. The predicted molar refractivity (Wildman–Crippen MR) is 54.7 cm³/mol. The van der Waals surface area contributed by atoms with Crippen molar-refractivity contribution in [2.24, 2.45) is 5.92 Å².